The summed E-state index contributed by atoms with van der Waals surface area (Å²) in [4.78, 5) is 0. The molecule has 4 atom stereocenters. The first kappa shape index (κ1) is 31.7. The Bertz CT molecular complexity index is 1030. The van der Waals surface area contributed by atoms with Crippen molar-refractivity contribution in [2.75, 3.05) is 36.3 Å². The molecule has 0 radical (unpaired) electrons. The van der Waals surface area contributed by atoms with Gasteiger partial charge in [0.2, 0.25) is 0 Å². The van der Waals surface area contributed by atoms with Crippen molar-refractivity contribution in [2.24, 2.45) is 22.0 Å². The molecule has 2 aliphatic heterocycles. The molecule has 2 aromatic rings. The quantitative estimate of drug-likeness (QED) is 0.0946. The first-order valence-electron chi connectivity index (χ1n) is 15.1. The number of anilines is 2. The normalized spacial score (nSPS) is 26.1. The second-order valence-corrected chi connectivity index (χ2v) is 11.8. The number of para-hydroxylation sites is 2. The molecule has 2 saturated heterocycles. The number of epoxide rings is 2. The first-order chi connectivity index (χ1) is 19.5. The Morgan fingerprint density at radius 3 is 1.37 bits per heavy atom. The Kier molecular flexibility index (Phi) is 11.9. The van der Waals surface area contributed by atoms with Crippen LogP contribution in [0.3, 0.4) is 0 Å². The summed E-state index contributed by atoms with van der Waals surface area (Å²) >= 11 is 0. The number of rotatable bonds is 10. The van der Waals surface area contributed by atoms with Gasteiger partial charge in [-0.1, -0.05) is 62.1 Å². The summed E-state index contributed by atoms with van der Waals surface area (Å²) in [6.07, 6.45) is 8.33. The fourth-order valence-corrected chi connectivity index (χ4v) is 6.00. The molecule has 0 spiro atoms. The minimum atomic E-state index is 0. The fourth-order valence-electron chi connectivity index (χ4n) is 6.00. The van der Waals surface area contributed by atoms with Crippen LogP contribution < -0.4 is 10.0 Å². The molecule has 0 bridgehead atoms. The monoisotopic (exact) mass is 598 g/mol. The maximum Gasteiger partial charge on any atom is 2.00 e. The first-order valence-corrected chi connectivity index (χ1v) is 15.1. The zero-order valence-electron chi connectivity index (χ0n) is 25.1. The molecule has 222 valence electrons. The second kappa shape index (κ2) is 15.3. The number of hydrogen-bond donors (Lipinski definition) is 0. The van der Waals surface area contributed by atoms with E-state index in [2.05, 4.69) is 86.2 Å². The van der Waals surface area contributed by atoms with Crippen LogP contribution in [0.4, 0.5) is 11.4 Å². The number of ether oxygens (including phenoxy) is 2. The molecule has 2 aliphatic carbocycles. The summed E-state index contributed by atoms with van der Waals surface area (Å²) in [6, 6.07) is 20.8. The molecule has 6 nitrogen and oxygen atoms in total. The number of hydrazone groups is 2. The van der Waals surface area contributed by atoms with Crippen molar-refractivity contribution in [3.8, 4) is 0 Å². The molecule has 0 N–H and O–H groups in total. The van der Waals surface area contributed by atoms with Gasteiger partial charge in [0.1, 0.15) is 12.2 Å². The molecule has 2 saturated carbocycles. The molecular weight excluding hydrogens is 552 g/mol. The Morgan fingerprint density at radius 2 is 1.07 bits per heavy atom. The predicted molar refractivity (Wildman–Crippen MR) is 166 cm³/mol. The van der Waals surface area contributed by atoms with Crippen LogP contribution in [-0.2, 0) is 26.5 Å². The molecule has 7 heteroatoms. The molecule has 0 aromatic heterocycles. The van der Waals surface area contributed by atoms with E-state index in [1.165, 1.54) is 49.9 Å². The van der Waals surface area contributed by atoms with E-state index in [1.807, 2.05) is 12.1 Å². The van der Waals surface area contributed by atoms with Gasteiger partial charge in [-0.25, -0.2) is 0 Å². The van der Waals surface area contributed by atoms with E-state index < -0.39 is 0 Å². The zero-order valence-corrected chi connectivity index (χ0v) is 26.2. The predicted octanol–water partition coefficient (Wildman–Crippen LogP) is 7.32. The van der Waals surface area contributed by atoms with Crippen LogP contribution in [0, 0.1) is 23.7 Å². The van der Waals surface area contributed by atoms with E-state index in [0.717, 1.165) is 37.7 Å². The van der Waals surface area contributed by atoms with Crippen molar-refractivity contribution in [1.82, 2.24) is 0 Å². The molecule has 4 unspecified atom stereocenters. The van der Waals surface area contributed by atoms with Crippen LogP contribution in [0.5, 0.6) is 0 Å². The molecule has 0 amide bonds. The van der Waals surface area contributed by atoms with E-state index in [-0.39, 0.29) is 17.1 Å². The third kappa shape index (κ3) is 9.41. The van der Waals surface area contributed by atoms with Crippen LogP contribution in [0.15, 0.2) is 70.9 Å². The third-order valence-electron chi connectivity index (χ3n) is 8.55. The summed E-state index contributed by atoms with van der Waals surface area (Å²) in [6.45, 7) is 12.3. The molecule has 4 aliphatic rings. The van der Waals surface area contributed by atoms with E-state index in [0.29, 0.717) is 24.0 Å². The van der Waals surface area contributed by atoms with Gasteiger partial charge in [0, 0.05) is 11.4 Å². The Morgan fingerprint density at radius 1 is 0.707 bits per heavy atom. The molecule has 4 fully saturated rings. The maximum atomic E-state index is 5.37. The van der Waals surface area contributed by atoms with Crippen molar-refractivity contribution < 1.29 is 26.5 Å². The van der Waals surface area contributed by atoms with Gasteiger partial charge in [0.25, 0.3) is 0 Å². The summed E-state index contributed by atoms with van der Waals surface area (Å²) in [5.41, 5.74) is 4.78. The smallest absolute Gasteiger partial charge is 0.371 e. The van der Waals surface area contributed by atoms with Gasteiger partial charge < -0.3 is 21.3 Å². The van der Waals surface area contributed by atoms with E-state index in [9.17, 15) is 0 Å². The van der Waals surface area contributed by atoms with Crippen LogP contribution >= 0.6 is 0 Å². The van der Waals surface area contributed by atoms with Gasteiger partial charge in [-0.05, 0) is 38.1 Å². The van der Waals surface area contributed by atoms with E-state index in [1.54, 1.807) is 11.8 Å². The van der Waals surface area contributed by atoms with Crippen molar-refractivity contribution >= 4 is 22.8 Å². The Labute approximate surface area is 258 Å². The fraction of sp³-hybridized carbons (Fsp3) is 0.529. The van der Waals surface area contributed by atoms with Crippen molar-refractivity contribution in [3.05, 3.63) is 72.5 Å². The van der Waals surface area contributed by atoms with E-state index >= 15 is 0 Å². The van der Waals surface area contributed by atoms with Gasteiger partial charge in [-0.3, -0.25) is 10.0 Å². The topological polar surface area (TPSA) is 56.3 Å². The minimum Gasteiger partial charge on any atom is -0.371 e. The van der Waals surface area contributed by atoms with Crippen LogP contribution in [0.2, 0.25) is 0 Å². The Hall–Kier alpha value is -2.18. The number of hydrogen-bond acceptors (Lipinski definition) is 6. The average molecular weight is 599 g/mol. The molecular formula is C34H46FeN4O2. The summed E-state index contributed by atoms with van der Waals surface area (Å²) in [5, 5.41) is 14.0. The van der Waals surface area contributed by atoms with Gasteiger partial charge in [0.15, 0.2) is 0 Å². The van der Waals surface area contributed by atoms with Crippen LogP contribution in [-0.4, -0.2) is 49.9 Å². The summed E-state index contributed by atoms with van der Waals surface area (Å²) in [7, 11) is 0. The largest absolute Gasteiger partial charge is 2.00 e. The second-order valence-electron chi connectivity index (χ2n) is 11.8. The Balaban J connectivity index is 0.000000184. The van der Waals surface area contributed by atoms with Gasteiger partial charge in [-0.2, -0.15) is 36.9 Å². The molecule has 41 heavy (non-hydrogen) atoms. The minimum absolute atomic E-state index is 0. The number of benzene rings is 2. The van der Waals surface area contributed by atoms with Gasteiger partial charge in [-0.15, -0.1) is 11.8 Å². The van der Waals surface area contributed by atoms with Gasteiger partial charge >= 0.3 is 17.1 Å². The SMILES string of the molecule is C/C(=N\N(CC1CO1)c1ccccc1)C1CCC[C-]1C.C/C(=N\N(CC1CO1)c1ccccc1)C1CCC[C-]1C.[Fe+2]. The zero-order chi connectivity index (χ0) is 27.9. The van der Waals surface area contributed by atoms with Crippen LogP contribution in [0.25, 0.3) is 0 Å². The maximum absolute atomic E-state index is 5.37. The molecule has 2 aromatic carbocycles. The summed E-state index contributed by atoms with van der Waals surface area (Å²) < 4.78 is 10.7. The molecule has 6 rings (SSSR count). The van der Waals surface area contributed by atoms with Crippen molar-refractivity contribution in [1.29, 1.82) is 0 Å². The van der Waals surface area contributed by atoms with E-state index in [4.69, 9.17) is 19.7 Å². The standard InChI is InChI=1S/2C17H23N2O.Fe/c2*1-13-7-6-10-17(13)14(2)18-19(11-16-12-20-16)15-8-4-3-5-9-15;/h2*3-5,8-9,16-17H,6-7,10-12H2,1-2H3;/q2*-1;+2/b2*18-14+;. The summed E-state index contributed by atoms with van der Waals surface area (Å²) in [5.74, 6) is 4.31. The average Bonchev–Trinajstić information content (AvgIpc) is 3.89. The molecule has 2 heterocycles. The van der Waals surface area contributed by atoms with Crippen LogP contribution in [0.1, 0.15) is 66.2 Å². The number of nitrogens with zero attached hydrogens (tertiary/aromatic N) is 4. The van der Waals surface area contributed by atoms with Gasteiger partial charge in [0.05, 0.1) is 37.7 Å². The van der Waals surface area contributed by atoms with Crippen molar-refractivity contribution in [2.45, 2.75) is 78.4 Å². The third-order valence-corrected chi connectivity index (χ3v) is 8.55. The van der Waals surface area contributed by atoms with Crippen molar-refractivity contribution in [3.63, 3.8) is 0 Å².